The molecule has 3 rings (SSSR count). The van der Waals surface area contributed by atoms with Gasteiger partial charge in [0.25, 0.3) is 0 Å². The molecule has 0 bridgehead atoms. The van der Waals surface area contributed by atoms with Crippen LogP contribution in [0.2, 0.25) is 0 Å². The first-order chi connectivity index (χ1) is 12.9. The van der Waals surface area contributed by atoms with Gasteiger partial charge in [0.15, 0.2) is 17.5 Å². The van der Waals surface area contributed by atoms with Crippen molar-refractivity contribution in [2.45, 2.75) is 24.3 Å². The lowest BCUT2D eigenvalue weighted by Gasteiger charge is -2.12. The Labute approximate surface area is 158 Å². The number of aromatic nitrogens is 3. The molecule has 0 aliphatic rings. The number of amides is 1. The Balaban J connectivity index is 1.72. The summed E-state index contributed by atoms with van der Waals surface area (Å²) in [6, 6.07) is 10.8. The molecule has 3 aromatic rings. The zero-order valence-corrected chi connectivity index (χ0v) is 15.4. The van der Waals surface area contributed by atoms with Crippen molar-refractivity contribution in [3.8, 4) is 11.4 Å². The van der Waals surface area contributed by atoms with E-state index in [-0.39, 0.29) is 5.69 Å². The lowest BCUT2D eigenvalue weighted by Crippen LogP contribution is -2.23. The molecule has 1 amide bonds. The van der Waals surface area contributed by atoms with E-state index in [9.17, 15) is 13.6 Å². The van der Waals surface area contributed by atoms with Gasteiger partial charge in [-0.15, -0.1) is 10.2 Å². The fourth-order valence-corrected chi connectivity index (χ4v) is 3.16. The molecular formula is C18H17F2N5OS. The minimum absolute atomic E-state index is 0.168. The Kier molecular flexibility index (Phi) is 5.41. The van der Waals surface area contributed by atoms with E-state index in [0.29, 0.717) is 11.0 Å². The third kappa shape index (κ3) is 4.08. The number of nitrogens with one attached hydrogen (secondary N) is 1. The van der Waals surface area contributed by atoms with Crippen molar-refractivity contribution in [3.05, 3.63) is 59.7 Å². The number of nitrogen functional groups attached to an aromatic ring is 1. The summed E-state index contributed by atoms with van der Waals surface area (Å²) in [7, 11) is 0. The maximum Gasteiger partial charge on any atom is 0.237 e. The van der Waals surface area contributed by atoms with Crippen molar-refractivity contribution in [2.75, 3.05) is 11.2 Å². The monoisotopic (exact) mass is 389 g/mol. The van der Waals surface area contributed by atoms with E-state index in [0.717, 1.165) is 35.0 Å². The van der Waals surface area contributed by atoms with Crippen molar-refractivity contribution >= 4 is 23.4 Å². The molecule has 1 aromatic heterocycles. The number of thioether (sulfide) groups is 1. The molecule has 0 spiro atoms. The van der Waals surface area contributed by atoms with Gasteiger partial charge in [0.2, 0.25) is 11.1 Å². The first-order valence-corrected chi connectivity index (χ1v) is 8.94. The molecule has 0 saturated heterocycles. The summed E-state index contributed by atoms with van der Waals surface area (Å²) >= 11 is 1.11. The van der Waals surface area contributed by atoms with Crippen molar-refractivity contribution in [1.82, 2.24) is 14.9 Å². The van der Waals surface area contributed by atoms with Crippen LogP contribution in [-0.4, -0.2) is 26.0 Å². The second-order valence-corrected chi connectivity index (χ2v) is 7.18. The summed E-state index contributed by atoms with van der Waals surface area (Å²) in [6.07, 6.45) is 0. The van der Waals surface area contributed by atoms with E-state index in [1.165, 1.54) is 10.7 Å². The molecule has 140 valence electrons. The van der Waals surface area contributed by atoms with Crippen molar-refractivity contribution in [1.29, 1.82) is 0 Å². The largest absolute Gasteiger partial charge is 0.335 e. The Morgan fingerprint density at radius 2 is 1.93 bits per heavy atom. The Morgan fingerprint density at radius 3 is 2.63 bits per heavy atom. The molecule has 0 aliphatic carbocycles. The topological polar surface area (TPSA) is 85.8 Å². The summed E-state index contributed by atoms with van der Waals surface area (Å²) in [6.45, 7) is 3.59. The van der Waals surface area contributed by atoms with E-state index in [4.69, 9.17) is 5.84 Å². The number of aryl methyl sites for hydroxylation is 1. The highest BCUT2D eigenvalue weighted by Gasteiger charge is 2.21. The first kappa shape index (κ1) is 18.8. The van der Waals surface area contributed by atoms with Gasteiger partial charge in [-0.1, -0.05) is 36.0 Å². The third-order valence-electron chi connectivity index (χ3n) is 3.89. The van der Waals surface area contributed by atoms with Crippen molar-refractivity contribution in [3.63, 3.8) is 0 Å². The number of nitrogens with zero attached hydrogens (tertiary/aromatic N) is 3. The minimum atomic E-state index is -1.03. The van der Waals surface area contributed by atoms with Crippen molar-refractivity contribution in [2.24, 2.45) is 0 Å². The molecule has 27 heavy (non-hydrogen) atoms. The molecule has 0 unspecified atom stereocenters. The lowest BCUT2D eigenvalue weighted by molar-refractivity contribution is -0.115. The van der Waals surface area contributed by atoms with E-state index < -0.39 is 22.8 Å². The number of hydrogen-bond acceptors (Lipinski definition) is 5. The smallest absolute Gasteiger partial charge is 0.237 e. The van der Waals surface area contributed by atoms with Crippen LogP contribution in [0.3, 0.4) is 0 Å². The molecule has 9 heteroatoms. The highest BCUT2D eigenvalue weighted by Crippen LogP contribution is 2.27. The van der Waals surface area contributed by atoms with Crippen LogP contribution in [0.15, 0.2) is 47.6 Å². The maximum atomic E-state index is 13.3. The highest BCUT2D eigenvalue weighted by atomic mass is 32.2. The standard InChI is InChI=1S/C18H17F2N5OS/c1-10-5-3-4-6-13(10)16-23-24-18(25(16)21)27-11(2)17(26)22-12-7-8-14(19)15(20)9-12/h3-9,11H,21H2,1-2H3,(H,22,26)/t11-/m0/s1. The molecule has 1 heterocycles. The number of anilines is 1. The second-order valence-electron chi connectivity index (χ2n) is 5.87. The van der Waals surface area contributed by atoms with E-state index in [2.05, 4.69) is 15.5 Å². The van der Waals surface area contributed by atoms with Gasteiger partial charge in [-0.2, -0.15) is 0 Å². The zero-order chi connectivity index (χ0) is 19.6. The zero-order valence-electron chi connectivity index (χ0n) is 14.6. The van der Waals surface area contributed by atoms with E-state index in [1.807, 2.05) is 31.2 Å². The van der Waals surface area contributed by atoms with Crippen LogP contribution in [0.5, 0.6) is 0 Å². The van der Waals surface area contributed by atoms with Gasteiger partial charge < -0.3 is 11.2 Å². The van der Waals surface area contributed by atoms with E-state index >= 15 is 0 Å². The normalized spacial score (nSPS) is 12.0. The molecule has 0 radical (unpaired) electrons. The fraction of sp³-hybridized carbons (Fsp3) is 0.167. The first-order valence-electron chi connectivity index (χ1n) is 8.06. The maximum absolute atomic E-state index is 13.3. The van der Waals surface area contributed by atoms with Crippen LogP contribution in [0, 0.1) is 18.6 Å². The highest BCUT2D eigenvalue weighted by molar-refractivity contribution is 8.00. The van der Waals surface area contributed by atoms with Crippen LogP contribution in [0.1, 0.15) is 12.5 Å². The number of rotatable bonds is 5. The molecular weight excluding hydrogens is 372 g/mol. The van der Waals surface area contributed by atoms with Crippen LogP contribution in [-0.2, 0) is 4.79 Å². The molecule has 1 atom stereocenters. The average molecular weight is 389 g/mol. The van der Waals surface area contributed by atoms with Crippen LogP contribution in [0.4, 0.5) is 14.5 Å². The molecule has 0 fully saturated rings. The van der Waals surface area contributed by atoms with Gasteiger partial charge in [-0.3, -0.25) is 4.79 Å². The molecule has 6 nitrogen and oxygen atoms in total. The number of carbonyl (C=O) groups is 1. The van der Waals surface area contributed by atoms with E-state index in [1.54, 1.807) is 6.92 Å². The molecule has 2 aromatic carbocycles. The van der Waals surface area contributed by atoms with Crippen LogP contribution in [0.25, 0.3) is 11.4 Å². The van der Waals surface area contributed by atoms with Crippen LogP contribution >= 0.6 is 11.8 Å². The summed E-state index contributed by atoms with van der Waals surface area (Å²) in [4.78, 5) is 12.3. The number of carbonyl (C=O) groups excluding carboxylic acids is 1. The molecule has 3 N–H and O–H groups in total. The van der Waals surface area contributed by atoms with Gasteiger partial charge in [-0.05, 0) is 31.5 Å². The predicted molar refractivity (Wildman–Crippen MR) is 101 cm³/mol. The van der Waals surface area contributed by atoms with Gasteiger partial charge in [0.1, 0.15) is 0 Å². The predicted octanol–water partition coefficient (Wildman–Crippen LogP) is 3.36. The fourth-order valence-electron chi connectivity index (χ4n) is 2.39. The number of halogens is 2. The molecule has 0 saturated carbocycles. The minimum Gasteiger partial charge on any atom is -0.335 e. The number of benzene rings is 2. The summed E-state index contributed by atoms with van der Waals surface area (Å²) in [5.74, 6) is 4.18. The average Bonchev–Trinajstić information content (AvgIpc) is 2.99. The molecule has 0 aliphatic heterocycles. The summed E-state index contributed by atoms with van der Waals surface area (Å²) < 4.78 is 27.6. The SMILES string of the molecule is Cc1ccccc1-c1nnc(S[C@@H](C)C(=O)Nc2ccc(F)c(F)c2)n1N. The number of nitrogens with two attached hydrogens (primary N) is 1. The third-order valence-corrected chi connectivity index (χ3v) is 4.95. The van der Waals surface area contributed by atoms with Crippen molar-refractivity contribution < 1.29 is 13.6 Å². The van der Waals surface area contributed by atoms with Crippen LogP contribution < -0.4 is 11.2 Å². The van der Waals surface area contributed by atoms with Gasteiger partial charge in [-0.25, -0.2) is 13.5 Å². The quantitative estimate of drug-likeness (QED) is 0.516. The number of hydrogen-bond donors (Lipinski definition) is 2. The Bertz CT molecular complexity index is 992. The lowest BCUT2D eigenvalue weighted by atomic mass is 10.1. The van der Waals surface area contributed by atoms with Gasteiger partial charge in [0.05, 0.1) is 5.25 Å². The van der Waals surface area contributed by atoms with Gasteiger partial charge >= 0.3 is 0 Å². The second kappa shape index (κ2) is 7.75. The Morgan fingerprint density at radius 1 is 1.19 bits per heavy atom. The van der Waals surface area contributed by atoms with Gasteiger partial charge in [0, 0.05) is 17.3 Å². The summed E-state index contributed by atoms with van der Waals surface area (Å²) in [5, 5.41) is 10.5. The Hall–Kier alpha value is -2.94. The summed E-state index contributed by atoms with van der Waals surface area (Å²) in [5.41, 5.74) is 2.01.